The van der Waals surface area contributed by atoms with Crippen molar-refractivity contribution in [1.29, 1.82) is 0 Å². The zero-order valence-corrected chi connectivity index (χ0v) is 13.4. The minimum atomic E-state index is -0.232. The van der Waals surface area contributed by atoms with Gasteiger partial charge in [-0.2, -0.15) is 0 Å². The van der Waals surface area contributed by atoms with E-state index in [9.17, 15) is 4.79 Å². The Hall–Kier alpha value is -0.950. The molecule has 2 aromatic rings. The largest absolute Gasteiger partial charge is 0.389 e. The van der Waals surface area contributed by atoms with Crippen molar-refractivity contribution in [2.24, 2.45) is 5.73 Å². The van der Waals surface area contributed by atoms with E-state index in [1.807, 2.05) is 0 Å². The van der Waals surface area contributed by atoms with E-state index in [1.54, 1.807) is 29.6 Å². The van der Waals surface area contributed by atoms with Gasteiger partial charge in [-0.05, 0) is 34.1 Å². The minimum Gasteiger partial charge on any atom is -0.389 e. The van der Waals surface area contributed by atoms with Gasteiger partial charge in [0, 0.05) is 10.9 Å². The van der Waals surface area contributed by atoms with E-state index in [-0.39, 0.29) is 10.9 Å². The first kappa shape index (κ1) is 14.5. The van der Waals surface area contributed by atoms with Gasteiger partial charge in [0.15, 0.2) is 0 Å². The smallest absolute Gasteiger partial charge is 0.256 e. The number of anilines is 1. The van der Waals surface area contributed by atoms with E-state index in [1.165, 1.54) is 11.3 Å². The summed E-state index contributed by atoms with van der Waals surface area (Å²) in [6.07, 6.45) is 0. The molecule has 0 atom stereocenters. The Balaban J connectivity index is 2.25. The van der Waals surface area contributed by atoms with Crippen LogP contribution >= 0.6 is 51.1 Å². The lowest BCUT2D eigenvalue weighted by Crippen LogP contribution is -2.13. The average molecular weight is 376 g/mol. The highest BCUT2D eigenvalue weighted by atomic mass is 79.9. The third-order valence-electron chi connectivity index (χ3n) is 2.33. The summed E-state index contributed by atoms with van der Waals surface area (Å²) in [6.45, 7) is 0. The van der Waals surface area contributed by atoms with E-state index in [0.29, 0.717) is 21.8 Å². The van der Waals surface area contributed by atoms with Gasteiger partial charge in [-0.3, -0.25) is 4.79 Å². The molecular weight excluding hydrogens is 368 g/mol. The lowest BCUT2D eigenvalue weighted by atomic mass is 10.2. The fourth-order valence-electron chi connectivity index (χ4n) is 1.40. The molecule has 1 aromatic heterocycles. The van der Waals surface area contributed by atoms with Gasteiger partial charge in [-0.25, -0.2) is 0 Å². The number of benzene rings is 1. The summed E-state index contributed by atoms with van der Waals surface area (Å²) in [5, 5.41) is 4.92. The molecule has 1 aromatic carbocycles. The van der Waals surface area contributed by atoms with Crippen molar-refractivity contribution in [2.75, 3.05) is 5.32 Å². The molecule has 0 saturated carbocycles. The topological polar surface area (TPSA) is 55.1 Å². The number of thiocarbonyl (C=S) groups is 1. The zero-order chi connectivity index (χ0) is 14.0. The SMILES string of the molecule is NC(=S)c1ccc(Cl)c(NC(=O)c2csc(Br)c2)c1. The Bertz CT molecular complexity index is 657. The first-order valence-electron chi connectivity index (χ1n) is 5.12. The van der Waals surface area contributed by atoms with E-state index in [0.717, 1.165) is 3.79 Å². The average Bonchev–Trinajstić information content (AvgIpc) is 2.78. The van der Waals surface area contributed by atoms with Crippen LogP contribution in [0.5, 0.6) is 0 Å². The molecule has 98 valence electrons. The molecule has 1 amide bonds. The molecule has 0 saturated heterocycles. The van der Waals surface area contributed by atoms with Crippen molar-refractivity contribution in [3.63, 3.8) is 0 Å². The number of hydrogen-bond donors (Lipinski definition) is 2. The van der Waals surface area contributed by atoms with Crippen molar-refractivity contribution in [2.45, 2.75) is 0 Å². The first-order chi connectivity index (χ1) is 8.97. The molecule has 0 aliphatic rings. The monoisotopic (exact) mass is 374 g/mol. The van der Waals surface area contributed by atoms with Crippen molar-refractivity contribution >= 4 is 67.7 Å². The summed E-state index contributed by atoms with van der Waals surface area (Å²) in [5.41, 5.74) is 7.25. The summed E-state index contributed by atoms with van der Waals surface area (Å²) in [5.74, 6) is -0.232. The molecule has 0 unspecified atom stereocenters. The van der Waals surface area contributed by atoms with E-state index >= 15 is 0 Å². The third kappa shape index (κ3) is 3.54. The van der Waals surface area contributed by atoms with Crippen LogP contribution in [0.4, 0.5) is 5.69 Å². The Kier molecular flexibility index (Phi) is 4.57. The van der Waals surface area contributed by atoms with Crippen LogP contribution in [-0.4, -0.2) is 10.9 Å². The van der Waals surface area contributed by atoms with Crippen molar-refractivity contribution in [1.82, 2.24) is 0 Å². The number of rotatable bonds is 3. The normalized spacial score (nSPS) is 10.2. The second-order valence-corrected chi connectivity index (χ2v) is 6.79. The minimum absolute atomic E-state index is 0.232. The Morgan fingerprint density at radius 1 is 1.37 bits per heavy atom. The molecule has 7 heteroatoms. The molecule has 0 aliphatic carbocycles. The standard InChI is InChI=1S/C12H8BrClN2OS2/c13-10-4-7(5-19-10)12(17)16-9-3-6(11(15)18)1-2-8(9)14/h1-5H,(H2,15,18)(H,16,17). The van der Waals surface area contributed by atoms with Gasteiger partial charge in [0.05, 0.1) is 20.1 Å². The van der Waals surface area contributed by atoms with Crippen LogP contribution in [0.15, 0.2) is 33.4 Å². The fraction of sp³-hybridized carbons (Fsp3) is 0. The Labute approximate surface area is 132 Å². The highest BCUT2D eigenvalue weighted by Gasteiger charge is 2.11. The Morgan fingerprint density at radius 2 is 2.11 bits per heavy atom. The van der Waals surface area contributed by atoms with Crippen LogP contribution in [0.2, 0.25) is 5.02 Å². The van der Waals surface area contributed by atoms with Gasteiger partial charge in [0.2, 0.25) is 0 Å². The first-order valence-corrected chi connectivity index (χ1v) is 7.58. The van der Waals surface area contributed by atoms with Gasteiger partial charge in [0.1, 0.15) is 4.99 Å². The maximum Gasteiger partial charge on any atom is 0.256 e. The quantitative estimate of drug-likeness (QED) is 0.796. The second-order valence-electron chi connectivity index (χ2n) is 3.65. The van der Waals surface area contributed by atoms with Crippen molar-refractivity contribution < 1.29 is 4.79 Å². The highest BCUT2D eigenvalue weighted by Crippen LogP contribution is 2.25. The van der Waals surface area contributed by atoms with Gasteiger partial charge in [-0.1, -0.05) is 29.9 Å². The molecule has 3 N–H and O–H groups in total. The number of nitrogens with two attached hydrogens (primary N) is 1. The van der Waals surface area contributed by atoms with Gasteiger partial charge in [-0.15, -0.1) is 11.3 Å². The van der Waals surface area contributed by atoms with E-state index in [4.69, 9.17) is 29.6 Å². The Morgan fingerprint density at radius 3 is 2.68 bits per heavy atom. The van der Waals surface area contributed by atoms with Crippen LogP contribution in [0.3, 0.4) is 0 Å². The van der Waals surface area contributed by atoms with Gasteiger partial charge < -0.3 is 11.1 Å². The number of carbonyl (C=O) groups is 1. The second kappa shape index (κ2) is 6.00. The summed E-state index contributed by atoms with van der Waals surface area (Å²) in [4.78, 5) is 12.3. The molecule has 0 spiro atoms. The fourth-order valence-corrected chi connectivity index (χ4v) is 2.83. The summed E-state index contributed by atoms with van der Waals surface area (Å²) in [7, 11) is 0. The van der Waals surface area contributed by atoms with Crippen molar-refractivity contribution in [3.05, 3.63) is 49.6 Å². The maximum atomic E-state index is 12.0. The number of amides is 1. The van der Waals surface area contributed by atoms with Crippen LogP contribution in [0.25, 0.3) is 0 Å². The molecule has 0 bridgehead atoms. The molecular formula is C12H8BrClN2OS2. The molecule has 3 nitrogen and oxygen atoms in total. The summed E-state index contributed by atoms with van der Waals surface area (Å²) in [6, 6.07) is 6.76. The maximum absolute atomic E-state index is 12.0. The summed E-state index contributed by atoms with van der Waals surface area (Å²) >= 11 is 15.7. The lowest BCUT2D eigenvalue weighted by molar-refractivity contribution is 0.102. The number of nitrogens with one attached hydrogen (secondary N) is 1. The molecule has 0 aliphatic heterocycles. The number of thiophene rings is 1. The lowest BCUT2D eigenvalue weighted by Gasteiger charge is -2.08. The number of carbonyl (C=O) groups excluding carboxylic acids is 1. The molecule has 2 rings (SSSR count). The van der Waals surface area contributed by atoms with E-state index < -0.39 is 0 Å². The van der Waals surface area contributed by atoms with Gasteiger partial charge in [0.25, 0.3) is 5.91 Å². The van der Waals surface area contributed by atoms with Crippen LogP contribution in [-0.2, 0) is 0 Å². The predicted molar refractivity (Wildman–Crippen MR) is 87.3 cm³/mol. The third-order valence-corrected chi connectivity index (χ3v) is 4.40. The molecule has 1 heterocycles. The highest BCUT2D eigenvalue weighted by molar-refractivity contribution is 9.11. The molecule has 0 radical (unpaired) electrons. The molecule has 0 fully saturated rings. The zero-order valence-electron chi connectivity index (χ0n) is 9.44. The van der Waals surface area contributed by atoms with Crippen LogP contribution in [0, 0.1) is 0 Å². The number of hydrogen-bond acceptors (Lipinski definition) is 3. The van der Waals surface area contributed by atoms with Crippen LogP contribution in [0.1, 0.15) is 15.9 Å². The van der Waals surface area contributed by atoms with E-state index in [2.05, 4.69) is 21.2 Å². The summed E-state index contributed by atoms with van der Waals surface area (Å²) < 4.78 is 0.889. The molecule has 19 heavy (non-hydrogen) atoms. The van der Waals surface area contributed by atoms with Gasteiger partial charge >= 0.3 is 0 Å². The number of halogens is 2. The van der Waals surface area contributed by atoms with Crippen molar-refractivity contribution in [3.8, 4) is 0 Å². The van der Waals surface area contributed by atoms with Crippen LogP contribution < -0.4 is 11.1 Å². The predicted octanol–water partition coefficient (Wildman–Crippen LogP) is 4.05.